The Hall–Kier alpha value is -2.84. The van der Waals surface area contributed by atoms with Crippen molar-refractivity contribution in [3.63, 3.8) is 0 Å². The number of fused-ring (bicyclic) bond motifs is 1. The molecule has 0 unspecified atom stereocenters. The molecule has 0 atom stereocenters. The molecule has 6 nitrogen and oxygen atoms in total. The van der Waals surface area contributed by atoms with E-state index in [0.29, 0.717) is 33.5 Å². The summed E-state index contributed by atoms with van der Waals surface area (Å²) >= 11 is 7.17. The minimum Gasteiger partial charge on any atom is -0.298 e. The van der Waals surface area contributed by atoms with Crippen LogP contribution < -0.4 is 5.32 Å². The molecular weight excluding hydrogens is 425 g/mol. The van der Waals surface area contributed by atoms with Gasteiger partial charge >= 0.3 is 0 Å². The smallest absolute Gasteiger partial charge is 0.258 e. The van der Waals surface area contributed by atoms with Crippen molar-refractivity contribution in [2.45, 2.75) is 25.7 Å². The fourth-order valence-electron chi connectivity index (χ4n) is 3.52. The minimum atomic E-state index is -0.482. The van der Waals surface area contributed by atoms with Gasteiger partial charge in [0.1, 0.15) is 5.82 Å². The van der Waals surface area contributed by atoms with Gasteiger partial charge in [-0.2, -0.15) is 5.10 Å². The largest absolute Gasteiger partial charge is 0.298 e. The number of thiazole rings is 1. The van der Waals surface area contributed by atoms with Crippen LogP contribution in [-0.2, 0) is 7.05 Å². The third kappa shape index (κ3) is 3.36. The summed E-state index contributed by atoms with van der Waals surface area (Å²) in [6.45, 7) is 1.87. The lowest BCUT2D eigenvalue weighted by molar-refractivity contribution is 0.102. The van der Waals surface area contributed by atoms with Gasteiger partial charge < -0.3 is 0 Å². The van der Waals surface area contributed by atoms with E-state index in [-0.39, 0.29) is 10.9 Å². The summed E-state index contributed by atoms with van der Waals surface area (Å²) in [6, 6.07) is 6.30. The van der Waals surface area contributed by atoms with Gasteiger partial charge in [-0.1, -0.05) is 11.6 Å². The van der Waals surface area contributed by atoms with Crippen LogP contribution >= 0.6 is 22.9 Å². The highest BCUT2D eigenvalue weighted by atomic mass is 35.5. The number of nitrogens with zero attached hydrogens (tertiary/aromatic N) is 4. The summed E-state index contributed by atoms with van der Waals surface area (Å²) in [5.41, 5.74) is 4.25. The maximum Gasteiger partial charge on any atom is 0.258 e. The van der Waals surface area contributed by atoms with Crippen LogP contribution in [0.15, 0.2) is 29.6 Å². The quantitative estimate of drug-likeness (QED) is 0.465. The van der Waals surface area contributed by atoms with Crippen LogP contribution in [-0.4, -0.2) is 25.7 Å². The number of aromatic nitrogens is 4. The summed E-state index contributed by atoms with van der Waals surface area (Å²) in [5, 5.41) is 10.4. The maximum absolute atomic E-state index is 13.4. The number of hydrogen-bond donors (Lipinski definition) is 1. The molecule has 1 fully saturated rings. The van der Waals surface area contributed by atoms with Gasteiger partial charge in [0.05, 0.1) is 27.4 Å². The zero-order valence-electron chi connectivity index (χ0n) is 16.2. The van der Waals surface area contributed by atoms with E-state index in [9.17, 15) is 9.18 Å². The molecule has 30 heavy (non-hydrogen) atoms. The summed E-state index contributed by atoms with van der Waals surface area (Å²) in [6.07, 6.45) is 2.18. The Kier molecular flexibility index (Phi) is 4.56. The van der Waals surface area contributed by atoms with Crippen LogP contribution in [0.5, 0.6) is 0 Å². The lowest BCUT2D eigenvalue weighted by Gasteiger charge is -2.07. The number of aryl methyl sites for hydroxylation is 2. The lowest BCUT2D eigenvalue weighted by Crippen LogP contribution is -2.13. The Balaban J connectivity index is 1.48. The summed E-state index contributed by atoms with van der Waals surface area (Å²) in [5.74, 6) is -0.325. The number of benzene rings is 1. The van der Waals surface area contributed by atoms with Crippen molar-refractivity contribution in [1.82, 2.24) is 19.7 Å². The summed E-state index contributed by atoms with van der Waals surface area (Å²) < 4.78 is 15.1. The van der Waals surface area contributed by atoms with Crippen LogP contribution in [0, 0.1) is 12.7 Å². The molecule has 1 saturated carbocycles. The summed E-state index contributed by atoms with van der Waals surface area (Å²) in [7, 11) is 1.83. The molecule has 1 aromatic carbocycles. The molecule has 3 heterocycles. The van der Waals surface area contributed by atoms with E-state index in [2.05, 4.69) is 15.4 Å². The molecule has 9 heteroatoms. The zero-order chi connectivity index (χ0) is 21.0. The van der Waals surface area contributed by atoms with E-state index in [0.717, 1.165) is 29.6 Å². The molecule has 0 spiro atoms. The van der Waals surface area contributed by atoms with Crippen molar-refractivity contribution in [3.8, 4) is 11.3 Å². The van der Waals surface area contributed by atoms with E-state index in [1.807, 2.05) is 20.0 Å². The lowest BCUT2D eigenvalue weighted by atomic mass is 10.1. The van der Waals surface area contributed by atoms with Crippen molar-refractivity contribution < 1.29 is 9.18 Å². The van der Waals surface area contributed by atoms with Crippen LogP contribution in [0.3, 0.4) is 0 Å². The minimum absolute atomic E-state index is 0.0323. The Morgan fingerprint density at radius 2 is 2.10 bits per heavy atom. The second-order valence-electron chi connectivity index (χ2n) is 7.40. The molecule has 3 aromatic heterocycles. The molecule has 1 N–H and O–H groups in total. The predicted molar refractivity (Wildman–Crippen MR) is 116 cm³/mol. The fourth-order valence-corrected chi connectivity index (χ4v) is 4.41. The van der Waals surface area contributed by atoms with Gasteiger partial charge in [0.15, 0.2) is 10.8 Å². The Labute approximate surface area is 180 Å². The predicted octanol–water partition coefficient (Wildman–Crippen LogP) is 5.32. The molecule has 1 amide bonds. The molecule has 0 saturated heterocycles. The van der Waals surface area contributed by atoms with Crippen LogP contribution in [0.2, 0.25) is 5.02 Å². The molecule has 0 radical (unpaired) electrons. The van der Waals surface area contributed by atoms with E-state index in [4.69, 9.17) is 16.6 Å². The molecular formula is C21H17ClFN5OS. The van der Waals surface area contributed by atoms with Gasteiger partial charge in [-0.3, -0.25) is 14.8 Å². The molecule has 1 aliphatic rings. The first kappa shape index (κ1) is 19.1. The number of rotatable bonds is 4. The van der Waals surface area contributed by atoms with E-state index in [1.54, 1.807) is 16.1 Å². The summed E-state index contributed by atoms with van der Waals surface area (Å²) in [4.78, 5) is 22.3. The number of nitrogens with one attached hydrogen (secondary N) is 1. The van der Waals surface area contributed by atoms with Crippen molar-refractivity contribution in [3.05, 3.63) is 57.4 Å². The first-order chi connectivity index (χ1) is 14.4. The SMILES string of the molecule is Cc1nn(C)c2nc(C3CC3)cc(C(=O)Nc3nc(-c4ccc(F)c(Cl)c4)cs3)c12. The highest BCUT2D eigenvalue weighted by Gasteiger charge is 2.28. The Morgan fingerprint density at radius 1 is 1.30 bits per heavy atom. The first-order valence-electron chi connectivity index (χ1n) is 9.47. The second-order valence-corrected chi connectivity index (χ2v) is 8.66. The maximum atomic E-state index is 13.4. The highest BCUT2D eigenvalue weighted by molar-refractivity contribution is 7.14. The molecule has 0 aliphatic heterocycles. The van der Waals surface area contributed by atoms with Crippen molar-refractivity contribution in [2.24, 2.45) is 7.05 Å². The van der Waals surface area contributed by atoms with Gasteiger partial charge in [-0.05, 0) is 44.0 Å². The van der Waals surface area contributed by atoms with Crippen LogP contribution in [0.25, 0.3) is 22.3 Å². The van der Waals surface area contributed by atoms with E-state index >= 15 is 0 Å². The van der Waals surface area contributed by atoms with Crippen molar-refractivity contribution >= 4 is 45.0 Å². The van der Waals surface area contributed by atoms with Gasteiger partial charge in [0.2, 0.25) is 0 Å². The van der Waals surface area contributed by atoms with Gasteiger partial charge in [-0.15, -0.1) is 11.3 Å². The normalized spacial score (nSPS) is 13.7. The standard InChI is InChI=1S/C21H17ClFN5OS/c1-10-18-13(8-16(11-3-4-11)24-19(18)28(2)27-10)20(29)26-21-25-17(9-30-21)12-5-6-15(23)14(22)7-12/h5-9,11H,3-4H2,1-2H3,(H,25,26,29). The van der Waals surface area contributed by atoms with Crippen LogP contribution in [0.1, 0.15) is 40.5 Å². The van der Waals surface area contributed by atoms with Gasteiger partial charge in [-0.25, -0.2) is 14.4 Å². The number of anilines is 1. The number of hydrogen-bond acceptors (Lipinski definition) is 5. The topological polar surface area (TPSA) is 72.7 Å². The Morgan fingerprint density at radius 3 is 2.83 bits per heavy atom. The number of pyridine rings is 1. The third-order valence-electron chi connectivity index (χ3n) is 5.17. The fraction of sp³-hybridized carbons (Fsp3) is 0.238. The number of carbonyl (C=O) groups excluding carboxylic acids is 1. The molecule has 5 rings (SSSR count). The molecule has 1 aliphatic carbocycles. The molecule has 0 bridgehead atoms. The van der Waals surface area contributed by atoms with E-state index in [1.165, 1.54) is 23.5 Å². The number of halogens is 2. The van der Waals surface area contributed by atoms with Gasteiger partial charge in [0, 0.05) is 29.6 Å². The first-order valence-corrected chi connectivity index (χ1v) is 10.7. The van der Waals surface area contributed by atoms with Gasteiger partial charge in [0.25, 0.3) is 5.91 Å². The molecule has 4 aromatic rings. The average molecular weight is 442 g/mol. The molecule has 152 valence electrons. The number of carbonyl (C=O) groups is 1. The van der Waals surface area contributed by atoms with E-state index < -0.39 is 5.82 Å². The zero-order valence-corrected chi connectivity index (χ0v) is 17.8. The average Bonchev–Trinajstić information content (AvgIpc) is 3.41. The third-order valence-corrected chi connectivity index (χ3v) is 6.22. The number of amides is 1. The van der Waals surface area contributed by atoms with Crippen molar-refractivity contribution in [2.75, 3.05) is 5.32 Å². The van der Waals surface area contributed by atoms with Crippen molar-refractivity contribution in [1.29, 1.82) is 0 Å². The highest BCUT2D eigenvalue weighted by Crippen LogP contribution is 2.40. The van der Waals surface area contributed by atoms with Crippen LogP contribution in [0.4, 0.5) is 9.52 Å². The Bertz CT molecular complexity index is 1310. The second kappa shape index (κ2) is 7.14. The monoisotopic (exact) mass is 441 g/mol.